The van der Waals surface area contributed by atoms with Crippen LogP contribution in [0.25, 0.3) is 0 Å². The maximum absolute atomic E-state index is 10.9. The molecule has 0 bridgehead atoms. The van der Waals surface area contributed by atoms with Gasteiger partial charge in [-0.2, -0.15) is 0 Å². The number of hydrogen-bond donors (Lipinski definition) is 0. The van der Waals surface area contributed by atoms with E-state index >= 15 is 0 Å². The summed E-state index contributed by atoms with van der Waals surface area (Å²) in [6.45, 7) is 5.51. The highest BCUT2D eigenvalue weighted by Gasteiger charge is 2.04. The SMILES string of the molecule is C1CCCC1.C=CC(=O)CCCCC.COC(=O)CCCc1ccccc1OC. The second kappa shape index (κ2) is 19.2. The van der Waals surface area contributed by atoms with Crippen molar-refractivity contribution in [1.82, 2.24) is 0 Å². The third kappa shape index (κ3) is 15.5. The van der Waals surface area contributed by atoms with Crippen LogP contribution in [0, 0.1) is 0 Å². The van der Waals surface area contributed by atoms with E-state index in [9.17, 15) is 9.59 Å². The van der Waals surface area contributed by atoms with Gasteiger partial charge in [-0.15, -0.1) is 0 Å². The van der Waals surface area contributed by atoms with E-state index in [1.165, 1.54) is 51.7 Å². The van der Waals surface area contributed by atoms with Crippen molar-refractivity contribution in [2.45, 2.75) is 84.0 Å². The topological polar surface area (TPSA) is 52.6 Å². The number of para-hydroxylation sites is 1. The zero-order valence-corrected chi connectivity index (χ0v) is 18.7. The molecule has 0 atom stereocenters. The van der Waals surface area contributed by atoms with Crippen LogP contribution in [0.3, 0.4) is 0 Å². The minimum absolute atomic E-state index is 0.162. The molecular formula is C25H40O4. The highest BCUT2D eigenvalue weighted by molar-refractivity contribution is 5.88. The summed E-state index contributed by atoms with van der Waals surface area (Å²) >= 11 is 0. The lowest BCUT2D eigenvalue weighted by Crippen LogP contribution is -2.01. The van der Waals surface area contributed by atoms with Gasteiger partial charge in [0, 0.05) is 12.8 Å². The summed E-state index contributed by atoms with van der Waals surface area (Å²) < 4.78 is 9.79. The lowest BCUT2D eigenvalue weighted by atomic mass is 10.1. The third-order valence-corrected chi connectivity index (χ3v) is 4.75. The van der Waals surface area contributed by atoms with Gasteiger partial charge >= 0.3 is 5.97 Å². The summed E-state index contributed by atoms with van der Waals surface area (Å²) in [5, 5.41) is 0. The Labute approximate surface area is 177 Å². The van der Waals surface area contributed by atoms with Crippen LogP contribution in [0.2, 0.25) is 0 Å². The zero-order chi connectivity index (χ0) is 21.7. The van der Waals surface area contributed by atoms with Gasteiger partial charge in [0.1, 0.15) is 5.75 Å². The van der Waals surface area contributed by atoms with Crippen molar-refractivity contribution in [2.75, 3.05) is 14.2 Å². The van der Waals surface area contributed by atoms with E-state index in [4.69, 9.17) is 4.74 Å². The van der Waals surface area contributed by atoms with Gasteiger partial charge in [-0.3, -0.25) is 9.59 Å². The Morgan fingerprint density at radius 1 is 0.966 bits per heavy atom. The monoisotopic (exact) mass is 404 g/mol. The third-order valence-electron chi connectivity index (χ3n) is 4.75. The smallest absolute Gasteiger partial charge is 0.305 e. The number of rotatable bonds is 10. The number of carbonyl (C=O) groups excluding carboxylic acids is 2. The van der Waals surface area contributed by atoms with Crippen molar-refractivity contribution in [3.63, 3.8) is 0 Å². The second-order valence-electron chi connectivity index (χ2n) is 7.14. The van der Waals surface area contributed by atoms with Gasteiger partial charge in [0.25, 0.3) is 0 Å². The van der Waals surface area contributed by atoms with Crippen LogP contribution in [0.4, 0.5) is 0 Å². The Bertz CT molecular complexity index is 554. The lowest BCUT2D eigenvalue weighted by Gasteiger charge is -2.07. The number of ketones is 1. The minimum atomic E-state index is -0.162. The lowest BCUT2D eigenvalue weighted by molar-refractivity contribution is -0.140. The molecule has 164 valence electrons. The van der Waals surface area contributed by atoms with Crippen LogP contribution in [0.1, 0.15) is 83.1 Å². The molecule has 1 fully saturated rings. The van der Waals surface area contributed by atoms with Gasteiger partial charge in [-0.1, -0.05) is 76.6 Å². The van der Waals surface area contributed by atoms with Crippen molar-refractivity contribution in [3.05, 3.63) is 42.5 Å². The molecule has 0 saturated heterocycles. The predicted octanol–water partition coefficient (Wildman–Crippen LogP) is 6.46. The summed E-state index contributed by atoms with van der Waals surface area (Å²) in [6.07, 6.45) is 15.0. The molecule has 1 aliphatic rings. The van der Waals surface area contributed by atoms with Crippen molar-refractivity contribution in [1.29, 1.82) is 0 Å². The number of allylic oxidation sites excluding steroid dienone is 1. The summed E-state index contributed by atoms with van der Waals surface area (Å²) in [5.74, 6) is 0.885. The van der Waals surface area contributed by atoms with Crippen LogP contribution in [0.5, 0.6) is 5.75 Å². The first-order valence-corrected chi connectivity index (χ1v) is 10.9. The van der Waals surface area contributed by atoms with Crippen LogP contribution in [0.15, 0.2) is 36.9 Å². The Balaban J connectivity index is 0.000000470. The first-order chi connectivity index (χ1) is 14.1. The van der Waals surface area contributed by atoms with Crippen LogP contribution < -0.4 is 4.74 Å². The Hall–Kier alpha value is -2.10. The fourth-order valence-electron chi connectivity index (χ4n) is 2.97. The fourth-order valence-corrected chi connectivity index (χ4v) is 2.97. The molecule has 29 heavy (non-hydrogen) atoms. The van der Waals surface area contributed by atoms with Crippen LogP contribution in [-0.4, -0.2) is 26.0 Å². The van der Waals surface area contributed by atoms with Gasteiger partial charge in [0.15, 0.2) is 5.78 Å². The molecule has 0 radical (unpaired) electrons. The fraction of sp³-hybridized carbons (Fsp3) is 0.600. The molecule has 4 nitrogen and oxygen atoms in total. The van der Waals surface area contributed by atoms with E-state index in [0.717, 1.165) is 37.0 Å². The summed E-state index contributed by atoms with van der Waals surface area (Å²) in [4.78, 5) is 21.5. The molecule has 0 aromatic heterocycles. The number of hydrogen-bond acceptors (Lipinski definition) is 4. The summed E-state index contributed by atoms with van der Waals surface area (Å²) in [5.41, 5.74) is 1.13. The molecule has 0 spiro atoms. The summed E-state index contributed by atoms with van der Waals surface area (Å²) in [6, 6.07) is 7.84. The van der Waals surface area contributed by atoms with Crippen molar-refractivity contribution < 1.29 is 19.1 Å². The quantitative estimate of drug-likeness (QED) is 0.255. The largest absolute Gasteiger partial charge is 0.496 e. The highest BCUT2D eigenvalue weighted by atomic mass is 16.5. The molecular weight excluding hydrogens is 364 g/mol. The Morgan fingerprint density at radius 2 is 1.59 bits per heavy atom. The van der Waals surface area contributed by atoms with E-state index in [1.807, 2.05) is 24.3 Å². The van der Waals surface area contributed by atoms with E-state index < -0.39 is 0 Å². The van der Waals surface area contributed by atoms with Crippen molar-refractivity contribution in [3.8, 4) is 5.75 Å². The average Bonchev–Trinajstić information content (AvgIpc) is 3.34. The second-order valence-corrected chi connectivity index (χ2v) is 7.14. The number of aryl methyl sites for hydroxylation is 1. The van der Waals surface area contributed by atoms with Gasteiger partial charge in [-0.25, -0.2) is 0 Å². The molecule has 0 heterocycles. The molecule has 1 saturated carbocycles. The summed E-state index contributed by atoms with van der Waals surface area (Å²) in [7, 11) is 3.06. The Morgan fingerprint density at radius 3 is 2.10 bits per heavy atom. The zero-order valence-electron chi connectivity index (χ0n) is 18.7. The molecule has 1 aromatic carbocycles. The molecule has 0 N–H and O–H groups in total. The van der Waals surface area contributed by atoms with Crippen molar-refractivity contribution >= 4 is 11.8 Å². The number of ether oxygens (including phenoxy) is 2. The number of methoxy groups -OCH3 is 2. The van der Waals surface area contributed by atoms with E-state index in [-0.39, 0.29) is 11.8 Å². The molecule has 0 aliphatic heterocycles. The van der Waals surface area contributed by atoms with Crippen molar-refractivity contribution in [2.24, 2.45) is 0 Å². The first-order valence-electron chi connectivity index (χ1n) is 10.9. The maximum atomic E-state index is 10.9. The van der Waals surface area contributed by atoms with Gasteiger partial charge in [-0.05, 0) is 37.0 Å². The van der Waals surface area contributed by atoms with Crippen LogP contribution in [-0.2, 0) is 20.7 Å². The number of unbranched alkanes of at least 4 members (excludes halogenated alkanes) is 2. The van der Waals surface area contributed by atoms with E-state index in [2.05, 4.69) is 18.2 Å². The van der Waals surface area contributed by atoms with Crippen LogP contribution >= 0.6 is 0 Å². The first kappa shape index (κ1) is 26.9. The maximum Gasteiger partial charge on any atom is 0.305 e. The standard InChI is InChI=1S/C12H16O3.C8H14O.C5H10/c1-14-11-8-4-3-6-10(11)7-5-9-12(13)15-2;1-3-5-6-7-8(9)4-2;1-2-4-5-3-1/h3-4,6,8H,5,7,9H2,1-2H3;4H,2-3,5-7H2,1H3;1-5H2. The van der Waals surface area contributed by atoms with Gasteiger partial charge in [0.05, 0.1) is 14.2 Å². The molecule has 1 aromatic rings. The number of benzene rings is 1. The highest BCUT2D eigenvalue weighted by Crippen LogP contribution is 2.19. The molecule has 2 rings (SSSR count). The minimum Gasteiger partial charge on any atom is -0.496 e. The normalized spacial score (nSPS) is 12.0. The average molecular weight is 405 g/mol. The number of esters is 1. The molecule has 1 aliphatic carbocycles. The molecule has 0 amide bonds. The van der Waals surface area contributed by atoms with E-state index in [0.29, 0.717) is 12.8 Å². The number of carbonyl (C=O) groups is 2. The van der Waals surface area contributed by atoms with Gasteiger partial charge < -0.3 is 9.47 Å². The van der Waals surface area contributed by atoms with Gasteiger partial charge in [0.2, 0.25) is 0 Å². The molecule has 0 unspecified atom stereocenters. The van der Waals surface area contributed by atoms with E-state index in [1.54, 1.807) is 7.11 Å². The predicted molar refractivity (Wildman–Crippen MR) is 120 cm³/mol. The molecule has 4 heteroatoms. The Kier molecular flexibility index (Phi) is 17.8.